The lowest BCUT2D eigenvalue weighted by Crippen LogP contribution is -1.88. The van der Waals surface area contributed by atoms with Crippen molar-refractivity contribution in [3.8, 4) is 22.3 Å². The second-order valence-corrected chi connectivity index (χ2v) is 13.2. The van der Waals surface area contributed by atoms with Gasteiger partial charge in [-0.1, -0.05) is 140 Å². The monoisotopic (exact) mass is 620 g/mol. The van der Waals surface area contributed by atoms with Crippen LogP contribution in [0.2, 0.25) is 0 Å². The minimum atomic E-state index is 0.920. The van der Waals surface area contributed by atoms with Crippen molar-refractivity contribution in [2.75, 3.05) is 0 Å². The molecular weight excluding hydrogens is 593 g/mol. The van der Waals surface area contributed by atoms with Gasteiger partial charge in [0.25, 0.3) is 0 Å². The molecule has 1 aromatic heterocycles. The number of hydrogen-bond donors (Lipinski definition) is 0. The minimum Gasteiger partial charge on any atom is -0.455 e. The first-order chi connectivity index (χ1) is 24.3. The van der Waals surface area contributed by atoms with E-state index in [1.54, 1.807) is 0 Å². The van der Waals surface area contributed by atoms with Crippen LogP contribution >= 0.6 is 0 Å². The maximum atomic E-state index is 6.41. The fraction of sp³-hybridized carbons (Fsp3) is 0. The fourth-order valence-electron chi connectivity index (χ4n) is 8.37. The molecule has 1 heteroatoms. The van der Waals surface area contributed by atoms with Gasteiger partial charge in [-0.15, -0.1) is 0 Å². The first kappa shape index (κ1) is 26.6. The van der Waals surface area contributed by atoms with Gasteiger partial charge in [0.05, 0.1) is 0 Å². The van der Waals surface area contributed by atoms with E-state index in [2.05, 4.69) is 158 Å². The molecule has 49 heavy (non-hydrogen) atoms. The van der Waals surface area contributed by atoms with Gasteiger partial charge in [-0.2, -0.15) is 0 Å². The third kappa shape index (κ3) is 3.82. The van der Waals surface area contributed by atoms with Crippen molar-refractivity contribution >= 4 is 86.6 Å². The van der Waals surface area contributed by atoms with Crippen LogP contribution in [-0.4, -0.2) is 0 Å². The molecule has 0 N–H and O–H groups in total. The highest BCUT2D eigenvalue weighted by Gasteiger charge is 2.16. The molecule has 0 spiro atoms. The van der Waals surface area contributed by atoms with Crippen LogP contribution < -0.4 is 0 Å². The maximum absolute atomic E-state index is 6.41. The first-order valence-electron chi connectivity index (χ1n) is 16.9. The summed E-state index contributed by atoms with van der Waals surface area (Å²) in [6.45, 7) is 0. The number of hydrogen-bond acceptors (Lipinski definition) is 1. The Morgan fingerprint density at radius 3 is 1.29 bits per heavy atom. The molecule has 10 aromatic carbocycles. The molecule has 11 rings (SSSR count). The van der Waals surface area contributed by atoms with Gasteiger partial charge in [0.15, 0.2) is 0 Å². The fourth-order valence-corrected chi connectivity index (χ4v) is 8.37. The highest BCUT2D eigenvalue weighted by molar-refractivity contribution is 6.33. The lowest BCUT2D eigenvalue weighted by Gasteiger charge is -2.16. The topological polar surface area (TPSA) is 13.1 Å². The summed E-state index contributed by atoms with van der Waals surface area (Å²) in [7, 11) is 0. The molecular formula is C48H28O. The molecule has 0 atom stereocenters. The molecule has 0 saturated heterocycles. The summed E-state index contributed by atoms with van der Waals surface area (Å²) < 4.78 is 6.41. The summed E-state index contributed by atoms with van der Waals surface area (Å²) in [6.07, 6.45) is 0. The molecule has 0 fully saturated rings. The summed E-state index contributed by atoms with van der Waals surface area (Å²) in [5.41, 5.74) is 6.50. The van der Waals surface area contributed by atoms with Crippen molar-refractivity contribution in [1.82, 2.24) is 0 Å². The molecule has 0 radical (unpaired) electrons. The van der Waals surface area contributed by atoms with Crippen LogP contribution in [0.4, 0.5) is 0 Å². The van der Waals surface area contributed by atoms with Crippen molar-refractivity contribution in [1.29, 1.82) is 0 Å². The quantitative estimate of drug-likeness (QED) is 0.138. The second kappa shape index (κ2) is 10.0. The van der Waals surface area contributed by atoms with Crippen molar-refractivity contribution in [3.05, 3.63) is 170 Å². The zero-order valence-electron chi connectivity index (χ0n) is 26.6. The average molecular weight is 621 g/mol. The molecule has 0 saturated carbocycles. The Kier molecular flexibility index (Phi) is 5.45. The van der Waals surface area contributed by atoms with Crippen LogP contribution in [0.15, 0.2) is 174 Å². The lowest BCUT2D eigenvalue weighted by atomic mass is 9.87. The van der Waals surface area contributed by atoms with Crippen molar-refractivity contribution in [2.24, 2.45) is 0 Å². The zero-order valence-corrected chi connectivity index (χ0v) is 26.6. The van der Waals surface area contributed by atoms with E-state index < -0.39 is 0 Å². The van der Waals surface area contributed by atoms with E-state index in [-0.39, 0.29) is 0 Å². The zero-order chi connectivity index (χ0) is 32.1. The van der Waals surface area contributed by atoms with Crippen LogP contribution in [0.1, 0.15) is 0 Å². The molecule has 226 valence electrons. The average Bonchev–Trinajstić information content (AvgIpc) is 3.56. The van der Waals surface area contributed by atoms with Crippen LogP contribution in [0, 0.1) is 0 Å². The smallest absolute Gasteiger partial charge is 0.143 e. The number of fused-ring (bicyclic) bond motifs is 15. The van der Waals surface area contributed by atoms with Crippen LogP contribution in [-0.2, 0) is 0 Å². The van der Waals surface area contributed by atoms with E-state index in [9.17, 15) is 0 Å². The Morgan fingerprint density at radius 1 is 0.245 bits per heavy atom. The Balaban J connectivity index is 1.16. The van der Waals surface area contributed by atoms with E-state index in [0.717, 1.165) is 33.1 Å². The van der Waals surface area contributed by atoms with E-state index >= 15 is 0 Å². The Bertz CT molecular complexity index is 3160. The normalized spacial score (nSPS) is 12.1. The van der Waals surface area contributed by atoms with Gasteiger partial charge >= 0.3 is 0 Å². The van der Waals surface area contributed by atoms with Gasteiger partial charge in [-0.3, -0.25) is 0 Å². The van der Waals surface area contributed by atoms with Crippen LogP contribution in [0.5, 0.6) is 0 Å². The molecule has 1 heterocycles. The first-order valence-corrected chi connectivity index (χ1v) is 16.9. The summed E-state index contributed by atoms with van der Waals surface area (Å²) >= 11 is 0. The molecule has 0 aliphatic heterocycles. The molecule has 11 aromatic rings. The molecule has 1 nitrogen and oxygen atoms in total. The number of para-hydroxylation sites is 2. The molecule has 0 aliphatic carbocycles. The summed E-state index contributed by atoms with van der Waals surface area (Å²) in [4.78, 5) is 0. The van der Waals surface area contributed by atoms with Gasteiger partial charge in [-0.25, -0.2) is 0 Å². The molecule has 0 aliphatic rings. The predicted molar refractivity (Wildman–Crippen MR) is 210 cm³/mol. The minimum absolute atomic E-state index is 0.920. The Hall–Kier alpha value is -6.44. The highest BCUT2D eigenvalue weighted by Crippen LogP contribution is 2.43. The van der Waals surface area contributed by atoms with Crippen LogP contribution in [0.3, 0.4) is 0 Å². The van der Waals surface area contributed by atoms with Gasteiger partial charge in [0.2, 0.25) is 0 Å². The van der Waals surface area contributed by atoms with Gasteiger partial charge < -0.3 is 4.42 Å². The van der Waals surface area contributed by atoms with Gasteiger partial charge in [-0.05, 0) is 112 Å². The van der Waals surface area contributed by atoms with E-state index in [4.69, 9.17) is 4.42 Å². The standard InChI is InChI=1S/C48H28O/c1-3-15-35-33(13-1)34-14-2-4-16-36(34)44-28-46-39-24-23-30(26-42(39)37-17-5-6-18-38(37)45(46)27-43(35)44)29-11-9-12-31(25-29)32-20-10-21-41-40-19-7-8-22-47(40)49-48(32)41/h1-28H. The van der Waals surface area contributed by atoms with Crippen LogP contribution in [0.25, 0.3) is 109 Å². The maximum Gasteiger partial charge on any atom is 0.143 e. The van der Waals surface area contributed by atoms with E-state index in [1.807, 2.05) is 12.1 Å². The highest BCUT2D eigenvalue weighted by atomic mass is 16.3. The SMILES string of the molecule is c1cc(-c2ccc3c(c2)c2ccccc2c2cc4c5ccccc5c5ccccc5c4cc32)cc(-c2cccc3c2oc2ccccc23)c1. The number of furan rings is 1. The summed E-state index contributed by atoms with van der Waals surface area (Å²) in [6, 6.07) is 62.1. The largest absolute Gasteiger partial charge is 0.455 e. The van der Waals surface area contributed by atoms with Gasteiger partial charge in [0, 0.05) is 16.3 Å². The lowest BCUT2D eigenvalue weighted by molar-refractivity contribution is 0.670. The Labute approximate surface area is 282 Å². The Morgan fingerprint density at radius 2 is 0.673 bits per heavy atom. The van der Waals surface area contributed by atoms with Crippen molar-refractivity contribution in [3.63, 3.8) is 0 Å². The molecule has 0 unspecified atom stereocenters. The predicted octanol–water partition coefficient (Wildman–Crippen LogP) is 13.8. The molecule has 0 amide bonds. The third-order valence-corrected chi connectivity index (χ3v) is 10.6. The van der Waals surface area contributed by atoms with Crippen molar-refractivity contribution < 1.29 is 4.42 Å². The second-order valence-electron chi connectivity index (χ2n) is 13.2. The molecule has 0 bridgehead atoms. The van der Waals surface area contributed by atoms with Crippen molar-refractivity contribution in [2.45, 2.75) is 0 Å². The van der Waals surface area contributed by atoms with Gasteiger partial charge in [0.1, 0.15) is 11.2 Å². The summed E-state index contributed by atoms with van der Waals surface area (Å²) in [5, 5.41) is 17.8. The summed E-state index contributed by atoms with van der Waals surface area (Å²) in [5.74, 6) is 0. The van der Waals surface area contributed by atoms with E-state index in [0.29, 0.717) is 0 Å². The number of benzene rings is 10. The van der Waals surface area contributed by atoms with E-state index in [1.165, 1.54) is 75.8 Å². The third-order valence-electron chi connectivity index (χ3n) is 10.6. The number of rotatable bonds is 2.